The van der Waals surface area contributed by atoms with Crippen molar-refractivity contribution in [2.75, 3.05) is 0 Å². The summed E-state index contributed by atoms with van der Waals surface area (Å²) < 4.78 is 5.17. The Hall–Kier alpha value is -1.01. The predicted molar refractivity (Wildman–Crippen MR) is 39.6 cm³/mol. The molecule has 1 rings (SSSR count). The van der Waals surface area contributed by atoms with E-state index in [1.807, 2.05) is 5.92 Å². The molecule has 1 heterocycles. The number of furan rings is 1. The van der Waals surface area contributed by atoms with Crippen molar-refractivity contribution in [2.45, 2.75) is 0 Å². The van der Waals surface area contributed by atoms with Gasteiger partial charge in [-0.1, -0.05) is 0 Å². The minimum atomic E-state index is -0.374. The highest BCUT2D eigenvalue weighted by Gasteiger charge is 2.08. The summed E-state index contributed by atoms with van der Waals surface area (Å²) in [7, 11) is 0. The van der Waals surface area contributed by atoms with Crippen LogP contribution in [0.3, 0.4) is 0 Å². The number of Topliss-reactive ketones (excluding diaryl/α,β-unsaturated/α-hetero) is 1. The van der Waals surface area contributed by atoms with E-state index in [-0.39, 0.29) is 5.78 Å². The fourth-order valence-electron chi connectivity index (χ4n) is 0.533. The summed E-state index contributed by atoms with van der Waals surface area (Å²) in [4.78, 5) is 10.8. The number of halogens is 1. The largest absolute Gasteiger partial charge is 0.457 e. The van der Waals surface area contributed by atoms with Crippen LogP contribution in [0.4, 0.5) is 0 Å². The lowest BCUT2D eigenvalue weighted by Crippen LogP contribution is -1.91. The van der Waals surface area contributed by atoms with Crippen LogP contribution in [0.2, 0.25) is 0 Å². The number of hydrogen-bond acceptors (Lipinski definition) is 2. The predicted octanol–water partition coefficient (Wildman–Crippen LogP) is 1.86. The molecule has 0 fully saturated rings. The van der Waals surface area contributed by atoms with Gasteiger partial charge in [-0.2, -0.15) is 0 Å². The summed E-state index contributed by atoms with van der Waals surface area (Å²) in [6.07, 6.45) is 6.27. The van der Waals surface area contributed by atoms with Crippen LogP contribution in [0.1, 0.15) is 10.4 Å². The van der Waals surface area contributed by atoms with Crippen LogP contribution in [-0.2, 0) is 0 Å². The molecule has 0 saturated heterocycles. The van der Waals surface area contributed by atoms with Crippen molar-refractivity contribution in [2.24, 2.45) is 0 Å². The zero-order valence-electron chi connectivity index (χ0n) is 4.93. The van der Waals surface area contributed by atoms with Crippen molar-refractivity contribution in [1.82, 2.24) is 0 Å². The van der Waals surface area contributed by atoms with E-state index >= 15 is 0 Å². The number of carbonyl (C=O) groups excluding carboxylic acids is 1. The van der Waals surface area contributed by atoms with E-state index in [9.17, 15) is 4.79 Å². The van der Waals surface area contributed by atoms with Crippen LogP contribution in [0.5, 0.6) is 0 Å². The first-order chi connectivity index (χ1) is 4.75. The average molecular weight is 199 g/mol. The van der Waals surface area contributed by atoms with Crippen LogP contribution in [-0.4, -0.2) is 5.78 Å². The van der Waals surface area contributed by atoms with E-state index in [2.05, 4.69) is 15.9 Å². The summed E-state index contributed by atoms with van der Waals surface area (Å²) in [6, 6.07) is 1.52. The van der Waals surface area contributed by atoms with E-state index < -0.39 is 0 Å². The fourth-order valence-corrected chi connectivity index (χ4v) is 0.954. The Balaban J connectivity index is 3.08. The molecule has 0 amide bonds. The van der Waals surface area contributed by atoms with Gasteiger partial charge in [0.1, 0.15) is 0 Å². The molecule has 0 spiro atoms. The molecule has 0 aliphatic rings. The first-order valence-electron chi connectivity index (χ1n) is 2.49. The van der Waals surface area contributed by atoms with E-state index in [4.69, 9.17) is 10.8 Å². The molecule has 0 aliphatic heterocycles. The maximum absolute atomic E-state index is 10.8. The van der Waals surface area contributed by atoms with Gasteiger partial charge in [0.05, 0.1) is 11.8 Å². The van der Waals surface area contributed by atoms with Gasteiger partial charge >= 0.3 is 0 Å². The molecule has 0 bridgehead atoms. The second-order valence-corrected chi connectivity index (χ2v) is 2.30. The molecule has 0 unspecified atom stereocenters. The summed E-state index contributed by atoms with van der Waals surface area (Å²) >= 11 is 3.02. The summed E-state index contributed by atoms with van der Waals surface area (Å²) in [6.45, 7) is 0. The van der Waals surface area contributed by atoms with E-state index in [0.29, 0.717) is 10.2 Å². The third-order valence-electron chi connectivity index (χ3n) is 0.994. The molecule has 0 atom stereocenters. The topological polar surface area (TPSA) is 30.2 Å². The fraction of sp³-hybridized carbons (Fsp3) is 0. The molecule has 0 saturated carbocycles. The normalized spacial score (nSPS) is 8.80. The lowest BCUT2D eigenvalue weighted by Gasteiger charge is -1.84. The van der Waals surface area contributed by atoms with Gasteiger partial charge in [-0.15, -0.1) is 6.42 Å². The molecule has 0 aromatic carbocycles. The number of carbonyl (C=O) groups is 1. The van der Waals surface area contributed by atoms with Crippen LogP contribution in [0.25, 0.3) is 0 Å². The Bertz CT molecular complexity index is 293. The SMILES string of the molecule is C#CC(=O)c1ccoc1Br. The van der Waals surface area contributed by atoms with Crippen LogP contribution < -0.4 is 0 Å². The van der Waals surface area contributed by atoms with Crippen molar-refractivity contribution in [3.63, 3.8) is 0 Å². The Labute approximate surface area is 66.3 Å². The van der Waals surface area contributed by atoms with Gasteiger partial charge in [0.15, 0.2) is 4.67 Å². The van der Waals surface area contributed by atoms with E-state index in [1.165, 1.54) is 12.3 Å². The van der Waals surface area contributed by atoms with Crippen LogP contribution in [0, 0.1) is 12.3 Å². The van der Waals surface area contributed by atoms with Gasteiger partial charge in [0.25, 0.3) is 0 Å². The third-order valence-corrected chi connectivity index (χ3v) is 1.61. The Morgan fingerprint density at radius 1 is 1.80 bits per heavy atom. The van der Waals surface area contributed by atoms with Crippen LogP contribution >= 0.6 is 15.9 Å². The standard InChI is InChI=1S/C7H3BrO2/c1-2-6(9)5-3-4-10-7(5)8/h1,3-4H. The number of rotatable bonds is 1. The maximum Gasteiger partial charge on any atom is 0.240 e. The zero-order chi connectivity index (χ0) is 7.56. The number of terminal acetylenes is 1. The summed E-state index contributed by atoms with van der Waals surface area (Å²) in [5, 5.41) is 0. The van der Waals surface area contributed by atoms with Gasteiger partial charge in [0, 0.05) is 0 Å². The average Bonchev–Trinajstić information content (AvgIpc) is 2.34. The van der Waals surface area contributed by atoms with Gasteiger partial charge < -0.3 is 4.42 Å². The lowest BCUT2D eigenvalue weighted by molar-refractivity contribution is 0.105. The lowest BCUT2D eigenvalue weighted by atomic mass is 10.2. The van der Waals surface area contributed by atoms with Gasteiger partial charge in [-0.05, 0) is 27.9 Å². The Morgan fingerprint density at radius 3 is 2.90 bits per heavy atom. The molecule has 1 aromatic heterocycles. The minimum absolute atomic E-state index is 0.374. The van der Waals surface area contributed by atoms with E-state index in [1.54, 1.807) is 0 Å². The second-order valence-electron chi connectivity index (χ2n) is 1.58. The molecule has 0 aliphatic carbocycles. The Kier molecular flexibility index (Phi) is 1.93. The third kappa shape index (κ3) is 1.12. The molecule has 10 heavy (non-hydrogen) atoms. The summed E-state index contributed by atoms with van der Waals surface area (Å²) in [5.74, 6) is 1.60. The monoisotopic (exact) mass is 198 g/mol. The molecule has 50 valence electrons. The van der Waals surface area contributed by atoms with Crippen molar-refractivity contribution in [3.8, 4) is 12.3 Å². The highest BCUT2D eigenvalue weighted by molar-refractivity contribution is 9.10. The molecule has 0 radical (unpaired) electrons. The highest BCUT2D eigenvalue weighted by Crippen LogP contribution is 2.17. The quantitative estimate of drug-likeness (QED) is 0.392. The first kappa shape index (κ1) is 7.10. The molecular weight excluding hydrogens is 196 g/mol. The van der Waals surface area contributed by atoms with Crippen LogP contribution in [0.15, 0.2) is 21.4 Å². The van der Waals surface area contributed by atoms with Gasteiger partial charge in [-0.25, -0.2) is 0 Å². The zero-order valence-corrected chi connectivity index (χ0v) is 6.51. The molecular formula is C7H3BrO2. The van der Waals surface area contributed by atoms with Gasteiger partial charge in [-0.3, -0.25) is 4.79 Å². The van der Waals surface area contributed by atoms with E-state index in [0.717, 1.165) is 0 Å². The highest BCUT2D eigenvalue weighted by atomic mass is 79.9. The Morgan fingerprint density at radius 2 is 2.50 bits per heavy atom. The van der Waals surface area contributed by atoms with Gasteiger partial charge in [0.2, 0.25) is 5.78 Å². The smallest absolute Gasteiger partial charge is 0.240 e. The number of ketones is 1. The second kappa shape index (κ2) is 2.72. The van der Waals surface area contributed by atoms with Crippen molar-refractivity contribution < 1.29 is 9.21 Å². The maximum atomic E-state index is 10.8. The van der Waals surface area contributed by atoms with Crippen molar-refractivity contribution >= 4 is 21.7 Å². The first-order valence-corrected chi connectivity index (χ1v) is 3.29. The van der Waals surface area contributed by atoms with Crippen molar-refractivity contribution in [1.29, 1.82) is 0 Å². The number of hydrogen-bond donors (Lipinski definition) is 0. The molecule has 1 aromatic rings. The molecule has 2 nitrogen and oxygen atoms in total. The molecule has 3 heteroatoms. The summed E-state index contributed by atoms with van der Waals surface area (Å²) in [5.41, 5.74) is 0.391. The molecule has 0 N–H and O–H groups in total. The minimum Gasteiger partial charge on any atom is -0.457 e. The van der Waals surface area contributed by atoms with Crippen molar-refractivity contribution in [3.05, 3.63) is 22.6 Å².